The van der Waals surface area contributed by atoms with E-state index in [-0.39, 0.29) is 17.9 Å². The largest absolute Gasteiger partial charge is 0.360 e. The molecule has 0 aliphatic carbocycles. The van der Waals surface area contributed by atoms with Crippen molar-refractivity contribution in [2.24, 2.45) is 0 Å². The minimum absolute atomic E-state index is 0.0750. The van der Waals surface area contributed by atoms with Crippen molar-refractivity contribution in [1.29, 1.82) is 0 Å². The number of carbonyl (C=O) groups is 2. The zero-order valence-electron chi connectivity index (χ0n) is 15.9. The minimum atomic E-state index is -0.208. The molecule has 1 atom stereocenters. The molecule has 1 saturated heterocycles. The first-order chi connectivity index (χ1) is 13.0. The lowest BCUT2D eigenvalue weighted by atomic mass is 10.1. The third kappa shape index (κ3) is 5.40. The van der Waals surface area contributed by atoms with Gasteiger partial charge in [-0.2, -0.15) is 0 Å². The van der Waals surface area contributed by atoms with Crippen LogP contribution in [0.5, 0.6) is 0 Å². The average Bonchev–Trinajstić information content (AvgIpc) is 3.07. The van der Waals surface area contributed by atoms with Crippen molar-refractivity contribution in [3.63, 3.8) is 0 Å². The van der Waals surface area contributed by atoms with Crippen molar-refractivity contribution in [3.8, 4) is 0 Å². The summed E-state index contributed by atoms with van der Waals surface area (Å²) in [6, 6.07) is 10.8. The van der Waals surface area contributed by atoms with Crippen molar-refractivity contribution >= 4 is 11.8 Å². The lowest BCUT2D eigenvalue weighted by Gasteiger charge is -2.34. The fraction of sp³-hybridized carbons (Fsp3) is 0.450. The van der Waals surface area contributed by atoms with Crippen LogP contribution in [-0.4, -0.2) is 59.0 Å². The second-order valence-corrected chi connectivity index (χ2v) is 7.04. The fourth-order valence-corrected chi connectivity index (χ4v) is 3.21. The maximum absolute atomic E-state index is 12.5. The van der Waals surface area contributed by atoms with Crippen LogP contribution in [-0.2, 0) is 11.3 Å². The van der Waals surface area contributed by atoms with E-state index in [1.54, 1.807) is 12.1 Å². The van der Waals surface area contributed by atoms with Crippen LogP contribution in [0.4, 0.5) is 0 Å². The molecule has 1 aromatic carbocycles. The second-order valence-electron chi connectivity index (χ2n) is 7.04. The standard InChI is InChI=1S/C20H26N4O3/c1-15(21-20(26)17-6-4-3-5-7-17)13-19(25)24-10-8-23(9-11-24)14-18-12-16(2)22-27-18/h3-7,12,15H,8-11,13-14H2,1-2H3,(H,21,26). The average molecular weight is 370 g/mol. The predicted octanol–water partition coefficient (Wildman–Crippen LogP) is 1.84. The number of hydrogen-bond donors (Lipinski definition) is 1. The van der Waals surface area contributed by atoms with Crippen molar-refractivity contribution in [2.75, 3.05) is 26.2 Å². The molecule has 1 unspecified atom stereocenters. The number of rotatable bonds is 6. The Hall–Kier alpha value is -2.67. The Balaban J connectivity index is 1.41. The molecule has 1 aliphatic heterocycles. The molecule has 0 spiro atoms. The molecule has 0 saturated carbocycles. The van der Waals surface area contributed by atoms with Crippen LogP contribution >= 0.6 is 0 Å². The molecule has 7 heteroatoms. The van der Waals surface area contributed by atoms with Gasteiger partial charge in [0.05, 0.1) is 12.2 Å². The number of amides is 2. The normalized spacial score (nSPS) is 16.1. The smallest absolute Gasteiger partial charge is 0.251 e. The third-order valence-electron chi connectivity index (χ3n) is 4.68. The van der Waals surface area contributed by atoms with Gasteiger partial charge >= 0.3 is 0 Å². The van der Waals surface area contributed by atoms with Crippen LogP contribution in [0.25, 0.3) is 0 Å². The summed E-state index contributed by atoms with van der Waals surface area (Å²) >= 11 is 0. The zero-order valence-corrected chi connectivity index (χ0v) is 15.9. The number of hydrogen-bond acceptors (Lipinski definition) is 5. The number of piperazine rings is 1. The number of benzene rings is 1. The molecule has 0 radical (unpaired) electrons. The molecule has 2 aromatic rings. The number of aryl methyl sites for hydroxylation is 1. The van der Waals surface area contributed by atoms with Crippen molar-refractivity contribution in [3.05, 3.63) is 53.4 Å². The first kappa shape index (κ1) is 19.1. The molecule has 1 fully saturated rings. The Kier molecular flexibility index (Phi) is 6.24. The van der Waals surface area contributed by atoms with Crippen LogP contribution < -0.4 is 5.32 Å². The molecule has 144 valence electrons. The van der Waals surface area contributed by atoms with Gasteiger partial charge in [0.1, 0.15) is 0 Å². The molecule has 2 heterocycles. The lowest BCUT2D eigenvalue weighted by Crippen LogP contribution is -2.49. The van der Waals surface area contributed by atoms with E-state index in [1.165, 1.54) is 0 Å². The molecule has 0 bridgehead atoms. The summed E-state index contributed by atoms with van der Waals surface area (Å²) in [6.45, 7) is 7.46. The van der Waals surface area contributed by atoms with Crippen LogP contribution in [0.2, 0.25) is 0 Å². The maximum atomic E-state index is 12.5. The van der Waals surface area contributed by atoms with E-state index in [0.29, 0.717) is 31.6 Å². The Labute approximate surface area is 159 Å². The number of aromatic nitrogens is 1. The van der Waals surface area contributed by atoms with Gasteiger partial charge in [-0.1, -0.05) is 23.4 Å². The molecule has 1 aromatic heterocycles. The summed E-state index contributed by atoms with van der Waals surface area (Å²) in [5, 5.41) is 6.80. The first-order valence-electron chi connectivity index (χ1n) is 9.29. The van der Waals surface area contributed by atoms with E-state index in [0.717, 1.165) is 24.5 Å². The van der Waals surface area contributed by atoms with Gasteiger partial charge in [-0.05, 0) is 26.0 Å². The zero-order chi connectivity index (χ0) is 19.2. The minimum Gasteiger partial charge on any atom is -0.360 e. The van der Waals surface area contributed by atoms with Crippen molar-refractivity contribution in [1.82, 2.24) is 20.3 Å². The summed E-state index contributed by atoms with van der Waals surface area (Å²) in [5.74, 6) is 0.776. The van der Waals surface area contributed by atoms with E-state index < -0.39 is 0 Å². The Morgan fingerprint density at radius 1 is 1.19 bits per heavy atom. The van der Waals surface area contributed by atoms with E-state index >= 15 is 0 Å². The SMILES string of the molecule is Cc1cc(CN2CCN(C(=O)CC(C)NC(=O)c3ccccc3)CC2)on1. The molecule has 27 heavy (non-hydrogen) atoms. The van der Waals surface area contributed by atoms with Gasteiger partial charge in [0.15, 0.2) is 5.76 Å². The summed E-state index contributed by atoms with van der Waals surface area (Å²) in [4.78, 5) is 28.8. The quantitative estimate of drug-likeness (QED) is 0.839. The first-order valence-corrected chi connectivity index (χ1v) is 9.29. The van der Waals surface area contributed by atoms with Gasteiger partial charge in [-0.3, -0.25) is 14.5 Å². The topological polar surface area (TPSA) is 78.7 Å². The molecule has 1 aliphatic rings. The van der Waals surface area contributed by atoms with Crippen LogP contribution in [0.15, 0.2) is 40.9 Å². The summed E-state index contributed by atoms with van der Waals surface area (Å²) in [6.07, 6.45) is 0.305. The van der Waals surface area contributed by atoms with E-state index in [4.69, 9.17) is 4.52 Å². The van der Waals surface area contributed by atoms with Gasteiger partial charge in [0, 0.05) is 50.3 Å². The van der Waals surface area contributed by atoms with Crippen molar-refractivity contribution in [2.45, 2.75) is 32.9 Å². The molecule has 3 rings (SSSR count). The van der Waals surface area contributed by atoms with E-state index in [9.17, 15) is 9.59 Å². The van der Waals surface area contributed by atoms with Gasteiger partial charge < -0.3 is 14.7 Å². The van der Waals surface area contributed by atoms with Crippen molar-refractivity contribution < 1.29 is 14.1 Å². The van der Waals surface area contributed by atoms with E-state index in [1.807, 2.05) is 43.0 Å². The highest BCUT2D eigenvalue weighted by Crippen LogP contribution is 2.11. The Morgan fingerprint density at radius 3 is 2.52 bits per heavy atom. The lowest BCUT2D eigenvalue weighted by molar-refractivity contribution is -0.133. The maximum Gasteiger partial charge on any atom is 0.251 e. The molecular weight excluding hydrogens is 344 g/mol. The van der Waals surface area contributed by atoms with Gasteiger partial charge in [0.25, 0.3) is 5.91 Å². The highest BCUT2D eigenvalue weighted by Gasteiger charge is 2.23. The number of nitrogens with zero attached hydrogens (tertiary/aromatic N) is 3. The molecule has 2 amide bonds. The number of nitrogens with one attached hydrogen (secondary N) is 1. The molecule has 1 N–H and O–H groups in total. The van der Waals surface area contributed by atoms with Crippen LogP contribution in [0.1, 0.15) is 35.2 Å². The van der Waals surface area contributed by atoms with Gasteiger partial charge in [0.2, 0.25) is 5.91 Å². The van der Waals surface area contributed by atoms with E-state index in [2.05, 4.69) is 15.4 Å². The highest BCUT2D eigenvalue weighted by molar-refractivity contribution is 5.94. The molecule has 7 nitrogen and oxygen atoms in total. The third-order valence-corrected chi connectivity index (χ3v) is 4.68. The number of carbonyl (C=O) groups excluding carboxylic acids is 2. The predicted molar refractivity (Wildman–Crippen MR) is 101 cm³/mol. The Morgan fingerprint density at radius 2 is 1.89 bits per heavy atom. The second kappa shape index (κ2) is 8.81. The van der Waals surface area contributed by atoms with Crippen LogP contribution in [0, 0.1) is 6.92 Å². The monoisotopic (exact) mass is 370 g/mol. The van der Waals surface area contributed by atoms with Gasteiger partial charge in [-0.15, -0.1) is 0 Å². The summed E-state index contributed by atoms with van der Waals surface area (Å²) < 4.78 is 5.25. The molecular formula is C20H26N4O3. The van der Waals surface area contributed by atoms with Crippen LogP contribution in [0.3, 0.4) is 0 Å². The van der Waals surface area contributed by atoms with Gasteiger partial charge in [-0.25, -0.2) is 0 Å². The summed E-state index contributed by atoms with van der Waals surface area (Å²) in [7, 11) is 0. The Bertz CT molecular complexity index is 767. The fourth-order valence-electron chi connectivity index (χ4n) is 3.21. The highest BCUT2D eigenvalue weighted by atomic mass is 16.5. The summed E-state index contributed by atoms with van der Waals surface area (Å²) in [5.41, 5.74) is 1.48.